The lowest BCUT2D eigenvalue weighted by molar-refractivity contribution is -0.136. The van der Waals surface area contributed by atoms with Crippen LogP contribution in [0.3, 0.4) is 0 Å². The van der Waals surface area contributed by atoms with Gasteiger partial charge in [-0.1, -0.05) is 39.5 Å². The number of fused-ring (bicyclic) bond motifs is 1. The first-order chi connectivity index (χ1) is 18.3. The number of carbonyl (C=O) groups excluding carboxylic acids is 1. The minimum Gasteiger partial charge on any atom is -0.486 e. The molecule has 7 nitrogen and oxygen atoms in total. The summed E-state index contributed by atoms with van der Waals surface area (Å²) in [4.78, 5) is 19.5. The standard InChI is InChI=1S/C20H16F4N4O2.C6H14.CH2O/c1-25-12-7-14(20(22,23)24)18-16(8-12)26-10-27-19(18)28-15-3-2-11(21)6-17(15)30-13-4-5-29-9-13;1-3-5-6-4-2;1-2/h2-3,6-8,10,13H,1,4-5,9H2,(H,26,27,28);3-6H2,1-2H3;1H2. The first-order valence-electron chi connectivity index (χ1n) is 12.2. The number of aromatic nitrogens is 2. The predicted octanol–water partition coefficient (Wildman–Crippen LogP) is 7.43. The summed E-state index contributed by atoms with van der Waals surface area (Å²) in [6.45, 7) is 10.6. The third-order valence-electron chi connectivity index (χ3n) is 5.55. The Morgan fingerprint density at radius 2 is 1.84 bits per heavy atom. The monoisotopic (exact) mass is 536 g/mol. The Bertz CT molecular complexity index is 1180. The van der Waals surface area contributed by atoms with Crippen LogP contribution in [0.5, 0.6) is 5.75 Å². The number of anilines is 2. The molecule has 0 bridgehead atoms. The zero-order valence-corrected chi connectivity index (χ0v) is 21.5. The molecule has 1 fully saturated rings. The van der Waals surface area contributed by atoms with Crippen molar-refractivity contribution in [1.82, 2.24) is 9.97 Å². The Balaban J connectivity index is 0.000000560. The molecule has 1 unspecified atom stereocenters. The Hall–Kier alpha value is -3.60. The molecule has 4 rings (SSSR count). The van der Waals surface area contributed by atoms with E-state index in [1.54, 1.807) is 0 Å². The maximum atomic E-state index is 13.8. The normalized spacial score (nSPS) is 14.6. The van der Waals surface area contributed by atoms with E-state index in [0.717, 1.165) is 18.5 Å². The molecule has 0 saturated carbocycles. The molecule has 1 saturated heterocycles. The number of halogens is 4. The third-order valence-corrected chi connectivity index (χ3v) is 5.55. The van der Waals surface area contributed by atoms with Gasteiger partial charge in [-0.2, -0.15) is 13.2 Å². The van der Waals surface area contributed by atoms with E-state index >= 15 is 0 Å². The molecule has 1 aliphatic rings. The highest BCUT2D eigenvalue weighted by atomic mass is 19.4. The highest BCUT2D eigenvalue weighted by molar-refractivity contribution is 5.96. The van der Waals surface area contributed by atoms with E-state index in [-0.39, 0.29) is 39.9 Å². The summed E-state index contributed by atoms with van der Waals surface area (Å²) in [5.74, 6) is -0.489. The molecule has 0 spiro atoms. The summed E-state index contributed by atoms with van der Waals surface area (Å²) < 4.78 is 66.0. The molecule has 0 aliphatic carbocycles. The number of rotatable bonds is 8. The lowest BCUT2D eigenvalue weighted by Gasteiger charge is -2.18. The van der Waals surface area contributed by atoms with Gasteiger partial charge in [-0.25, -0.2) is 14.4 Å². The Kier molecular flexibility index (Phi) is 12.1. The zero-order valence-electron chi connectivity index (χ0n) is 21.5. The van der Waals surface area contributed by atoms with Crippen molar-refractivity contribution in [1.29, 1.82) is 0 Å². The summed E-state index contributed by atoms with van der Waals surface area (Å²) >= 11 is 0. The molecule has 1 aromatic heterocycles. The number of hydrogen-bond donors (Lipinski definition) is 1. The van der Waals surface area contributed by atoms with Gasteiger partial charge in [0.1, 0.15) is 36.6 Å². The van der Waals surface area contributed by atoms with Gasteiger partial charge in [0.2, 0.25) is 0 Å². The number of alkyl halides is 3. The number of benzene rings is 2. The minimum atomic E-state index is -4.68. The highest BCUT2D eigenvalue weighted by Gasteiger charge is 2.35. The lowest BCUT2D eigenvalue weighted by atomic mass is 10.1. The van der Waals surface area contributed by atoms with Gasteiger partial charge in [-0.3, -0.25) is 4.99 Å². The number of carbonyl (C=O) groups is 1. The largest absolute Gasteiger partial charge is 0.486 e. The molecule has 0 radical (unpaired) electrons. The van der Waals surface area contributed by atoms with Gasteiger partial charge in [0.25, 0.3) is 0 Å². The minimum absolute atomic E-state index is 0.0338. The predicted molar refractivity (Wildman–Crippen MR) is 140 cm³/mol. The van der Waals surface area contributed by atoms with Crippen LogP contribution in [-0.2, 0) is 15.7 Å². The third kappa shape index (κ3) is 8.47. The molecule has 206 valence electrons. The smallest absolute Gasteiger partial charge is 0.417 e. The van der Waals surface area contributed by atoms with E-state index in [2.05, 4.69) is 40.8 Å². The number of nitrogens with zero attached hydrogens (tertiary/aromatic N) is 3. The molecule has 1 atom stereocenters. The summed E-state index contributed by atoms with van der Waals surface area (Å²) in [6.07, 6.45) is 2.34. The van der Waals surface area contributed by atoms with Crippen LogP contribution in [-0.4, -0.2) is 42.8 Å². The Morgan fingerprint density at radius 3 is 2.42 bits per heavy atom. The van der Waals surface area contributed by atoms with E-state index in [4.69, 9.17) is 14.3 Å². The average molecular weight is 537 g/mol. The number of nitrogens with one attached hydrogen (secondary N) is 1. The van der Waals surface area contributed by atoms with Gasteiger partial charge in [0.05, 0.1) is 41.1 Å². The summed E-state index contributed by atoms with van der Waals surface area (Å²) in [7, 11) is 0. The maximum Gasteiger partial charge on any atom is 0.417 e. The van der Waals surface area contributed by atoms with Gasteiger partial charge in [-0.05, 0) is 31.0 Å². The van der Waals surface area contributed by atoms with Crippen molar-refractivity contribution < 1.29 is 31.8 Å². The van der Waals surface area contributed by atoms with Gasteiger partial charge in [-0.15, -0.1) is 0 Å². The van der Waals surface area contributed by atoms with Crippen molar-refractivity contribution >= 4 is 41.6 Å². The molecule has 0 amide bonds. The number of aliphatic imine (C=N–C) groups is 1. The molecule has 11 heteroatoms. The second kappa shape index (κ2) is 15.0. The van der Waals surface area contributed by atoms with Crippen LogP contribution in [0.1, 0.15) is 51.5 Å². The van der Waals surface area contributed by atoms with Crippen LogP contribution < -0.4 is 10.1 Å². The van der Waals surface area contributed by atoms with Crippen LogP contribution >= 0.6 is 0 Å². The number of hydrogen-bond acceptors (Lipinski definition) is 7. The van der Waals surface area contributed by atoms with Crippen LogP contribution in [0.4, 0.5) is 34.8 Å². The van der Waals surface area contributed by atoms with Gasteiger partial charge in [0.15, 0.2) is 0 Å². The summed E-state index contributed by atoms with van der Waals surface area (Å²) in [5.41, 5.74) is -0.619. The molecular formula is C27H32F4N4O3. The maximum absolute atomic E-state index is 13.8. The first-order valence-corrected chi connectivity index (χ1v) is 12.2. The van der Waals surface area contributed by atoms with Crippen LogP contribution in [0, 0.1) is 5.82 Å². The molecule has 3 aromatic rings. The van der Waals surface area contributed by atoms with Gasteiger partial charge >= 0.3 is 6.18 Å². The van der Waals surface area contributed by atoms with Crippen molar-refractivity contribution in [3.63, 3.8) is 0 Å². The van der Waals surface area contributed by atoms with Crippen LogP contribution in [0.15, 0.2) is 41.7 Å². The molecule has 2 heterocycles. The van der Waals surface area contributed by atoms with E-state index < -0.39 is 17.6 Å². The van der Waals surface area contributed by atoms with E-state index in [9.17, 15) is 17.6 Å². The van der Waals surface area contributed by atoms with Crippen LogP contribution in [0.25, 0.3) is 10.9 Å². The number of unbranched alkanes of at least 4 members (excludes halogenated alkanes) is 3. The summed E-state index contributed by atoms with van der Waals surface area (Å²) in [5, 5.41) is 2.60. The quantitative estimate of drug-likeness (QED) is 0.183. The Morgan fingerprint density at radius 1 is 1.13 bits per heavy atom. The highest BCUT2D eigenvalue weighted by Crippen LogP contribution is 2.41. The van der Waals surface area contributed by atoms with E-state index in [0.29, 0.717) is 19.6 Å². The van der Waals surface area contributed by atoms with Crippen molar-refractivity contribution in [3.8, 4) is 5.75 Å². The zero-order chi connectivity index (χ0) is 28.1. The van der Waals surface area contributed by atoms with Crippen molar-refractivity contribution in [2.24, 2.45) is 4.99 Å². The van der Waals surface area contributed by atoms with Crippen molar-refractivity contribution in [3.05, 3.63) is 48.0 Å². The Labute approximate surface area is 219 Å². The van der Waals surface area contributed by atoms with E-state index in [1.165, 1.54) is 43.9 Å². The summed E-state index contributed by atoms with van der Waals surface area (Å²) in [6, 6.07) is 5.97. The van der Waals surface area contributed by atoms with Crippen molar-refractivity contribution in [2.75, 3.05) is 18.5 Å². The first kappa shape index (κ1) is 30.6. The fourth-order valence-electron chi connectivity index (χ4n) is 3.70. The average Bonchev–Trinajstić information content (AvgIpc) is 3.42. The molecular weight excluding hydrogens is 504 g/mol. The van der Waals surface area contributed by atoms with Gasteiger partial charge in [0, 0.05) is 12.5 Å². The second-order valence-electron chi connectivity index (χ2n) is 8.34. The van der Waals surface area contributed by atoms with Gasteiger partial charge < -0.3 is 19.6 Å². The molecule has 2 aromatic carbocycles. The molecule has 1 aliphatic heterocycles. The number of ether oxygens (including phenoxy) is 2. The lowest BCUT2D eigenvalue weighted by Crippen LogP contribution is -2.16. The molecule has 1 N–H and O–H groups in total. The fraction of sp³-hybridized carbons (Fsp3) is 0.407. The topological polar surface area (TPSA) is 85.7 Å². The fourth-order valence-corrected chi connectivity index (χ4v) is 3.70. The second-order valence-corrected chi connectivity index (χ2v) is 8.34. The van der Waals surface area contributed by atoms with E-state index in [1.807, 2.05) is 6.79 Å². The molecule has 38 heavy (non-hydrogen) atoms. The van der Waals surface area contributed by atoms with Crippen molar-refractivity contribution in [2.45, 2.75) is 58.2 Å². The van der Waals surface area contributed by atoms with Crippen LogP contribution in [0.2, 0.25) is 0 Å². The SMILES string of the molecule is C=Nc1cc(C(F)(F)F)c2c(Nc3ccc(F)cc3OC3CCOC3)ncnc2c1.C=O.CCCCCC.